The quantitative estimate of drug-likeness (QED) is 0.637. The number of hydrogen-bond donors (Lipinski definition) is 2. The zero-order chi connectivity index (χ0) is 22.6. The zero-order valence-electron chi connectivity index (χ0n) is 17.2. The molecule has 2 aromatic heterocycles. The first kappa shape index (κ1) is 21.2. The number of fused-ring (bicyclic) bond motifs is 1. The first-order valence-electron chi connectivity index (χ1n) is 9.85. The molecule has 164 valence electrons. The minimum absolute atomic E-state index is 0.0264. The molecule has 1 aliphatic rings. The molecule has 31 heavy (non-hydrogen) atoms. The SMILES string of the molecule is C[C@@H]1CN(c2nnc(-c3ccc(C(F)(F)F)cc3O)c3cnncc23)C[C@H](C)C1(C)O. The number of anilines is 1. The van der Waals surface area contributed by atoms with Crippen molar-refractivity contribution < 1.29 is 23.4 Å². The van der Waals surface area contributed by atoms with E-state index < -0.39 is 23.1 Å². The number of nitrogens with zero attached hydrogens (tertiary/aromatic N) is 5. The van der Waals surface area contributed by atoms with E-state index in [1.54, 1.807) is 0 Å². The van der Waals surface area contributed by atoms with E-state index in [0.29, 0.717) is 35.7 Å². The van der Waals surface area contributed by atoms with Gasteiger partial charge in [0, 0.05) is 35.9 Å². The molecule has 3 heterocycles. The average molecular weight is 433 g/mol. The molecular formula is C21H22F3N5O2. The van der Waals surface area contributed by atoms with E-state index in [-0.39, 0.29) is 23.1 Å². The maximum absolute atomic E-state index is 13.0. The van der Waals surface area contributed by atoms with Gasteiger partial charge < -0.3 is 15.1 Å². The molecule has 0 bridgehead atoms. The molecule has 0 radical (unpaired) electrons. The van der Waals surface area contributed by atoms with Crippen LogP contribution in [0.5, 0.6) is 5.75 Å². The number of piperidine rings is 1. The van der Waals surface area contributed by atoms with Gasteiger partial charge in [0.15, 0.2) is 5.82 Å². The highest BCUT2D eigenvalue weighted by molar-refractivity contribution is 6.00. The summed E-state index contributed by atoms with van der Waals surface area (Å²) in [6.07, 6.45) is -1.60. The van der Waals surface area contributed by atoms with Crippen LogP contribution in [0.15, 0.2) is 30.6 Å². The van der Waals surface area contributed by atoms with Gasteiger partial charge in [-0.25, -0.2) is 0 Å². The first-order chi connectivity index (χ1) is 14.5. The van der Waals surface area contributed by atoms with Crippen LogP contribution in [0.3, 0.4) is 0 Å². The van der Waals surface area contributed by atoms with Crippen molar-refractivity contribution in [2.45, 2.75) is 32.5 Å². The van der Waals surface area contributed by atoms with Crippen LogP contribution < -0.4 is 4.90 Å². The van der Waals surface area contributed by atoms with E-state index >= 15 is 0 Å². The molecule has 1 saturated heterocycles. The predicted molar refractivity (Wildman–Crippen MR) is 108 cm³/mol. The molecule has 1 fully saturated rings. The van der Waals surface area contributed by atoms with Crippen LogP contribution in [0, 0.1) is 11.8 Å². The van der Waals surface area contributed by atoms with Crippen LogP contribution in [0.2, 0.25) is 0 Å². The summed E-state index contributed by atoms with van der Waals surface area (Å²) in [5.41, 5.74) is -1.44. The van der Waals surface area contributed by atoms with Gasteiger partial charge >= 0.3 is 6.18 Å². The Kier molecular flexibility index (Phi) is 5.00. The lowest BCUT2D eigenvalue weighted by molar-refractivity contribution is -0.137. The summed E-state index contributed by atoms with van der Waals surface area (Å²) in [7, 11) is 0. The molecule has 10 heteroatoms. The Morgan fingerprint density at radius 2 is 1.65 bits per heavy atom. The number of hydrogen-bond acceptors (Lipinski definition) is 7. The summed E-state index contributed by atoms with van der Waals surface area (Å²) in [6.45, 7) is 6.85. The summed E-state index contributed by atoms with van der Waals surface area (Å²) in [6, 6.07) is 2.73. The molecule has 2 N–H and O–H groups in total. The molecule has 0 aliphatic carbocycles. The molecule has 3 atom stereocenters. The van der Waals surface area contributed by atoms with Gasteiger partial charge in [0.25, 0.3) is 0 Å². The standard InChI is InChI=1S/C21H22F3N5O2/c1-11-9-29(10-12(2)20(11,3)31)19-16-8-26-25-7-15(16)18(27-28-19)14-5-4-13(6-17(14)30)21(22,23)24/h4-8,11-12,30-31H,9-10H2,1-3H3/t11-,12+,20?. The highest BCUT2D eigenvalue weighted by atomic mass is 19.4. The predicted octanol–water partition coefficient (Wildman–Crippen LogP) is 3.65. The number of rotatable bonds is 2. The van der Waals surface area contributed by atoms with Gasteiger partial charge in [-0.3, -0.25) is 0 Å². The van der Waals surface area contributed by atoms with Crippen molar-refractivity contribution >= 4 is 16.6 Å². The van der Waals surface area contributed by atoms with E-state index in [9.17, 15) is 23.4 Å². The Hall–Kier alpha value is -3.01. The number of aromatic hydroxyl groups is 1. The van der Waals surface area contributed by atoms with Gasteiger partial charge in [-0.05, 0) is 25.1 Å². The lowest BCUT2D eigenvalue weighted by Crippen LogP contribution is -2.55. The Balaban J connectivity index is 1.80. The van der Waals surface area contributed by atoms with E-state index in [4.69, 9.17) is 0 Å². The zero-order valence-corrected chi connectivity index (χ0v) is 17.2. The number of aromatic nitrogens is 4. The molecule has 0 amide bonds. The third kappa shape index (κ3) is 3.65. The molecule has 3 aromatic rings. The highest BCUT2D eigenvalue weighted by Gasteiger charge is 2.41. The van der Waals surface area contributed by atoms with Gasteiger partial charge in [-0.2, -0.15) is 23.4 Å². The molecule has 1 unspecified atom stereocenters. The monoisotopic (exact) mass is 433 g/mol. The van der Waals surface area contributed by atoms with E-state index in [2.05, 4.69) is 20.4 Å². The Labute approximate surface area is 176 Å². The normalized spacial score (nSPS) is 24.5. The molecular weight excluding hydrogens is 411 g/mol. The second-order valence-electron chi connectivity index (χ2n) is 8.35. The van der Waals surface area contributed by atoms with E-state index in [1.165, 1.54) is 18.5 Å². The van der Waals surface area contributed by atoms with E-state index in [0.717, 1.165) is 6.07 Å². The van der Waals surface area contributed by atoms with Crippen LogP contribution in [0.25, 0.3) is 22.0 Å². The summed E-state index contributed by atoms with van der Waals surface area (Å²) < 4.78 is 38.9. The Bertz CT molecular complexity index is 1120. The summed E-state index contributed by atoms with van der Waals surface area (Å²) >= 11 is 0. The molecule has 7 nitrogen and oxygen atoms in total. The van der Waals surface area contributed by atoms with Crippen molar-refractivity contribution in [3.8, 4) is 17.0 Å². The topological polar surface area (TPSA) is 95.3 Å². The largest absolute Gasteiger partial charge is 0.507 e. The number of halogens is 3. The van der Waals surface area contributed by atoms with Crippen molar-refractivity contribution in [2.75, 3.05) is 18.0 Å². The van der Waals surface area contributed by atoms with Crippen molar-refractivity contribution in [1.29, 1.82) is 0 Å². The number of phenolic OH excluding ortho intramolecular Hbond substituents is 1. The van der Waals surface area contributed by atoms with Crippen molar-refractivity contribution in [3.63, 3.8) is 0 Å². The molecule has 0 saturated carbocycles. The smallest absolute Gasteiger partial charge is 0.416 e. The fourth-order valence-electron chi connectivity index (χ4n) is 4.00. The first-order valence-corrected chi connectivity index (χ1v) is 9.85. The second kappa shape index (κ2) is 7.30. The molecule has 4 rings (SSSR count). The van der Waals surface area contributed by atoms with Crippen molar-refractivity contribution in [3.05, 3.63) is 36.2 Å². The van der Waals surface area contributed by atoms with Gasteiger partial charge in [-0.15, -0.1) is 10.2 Å². The number of phenols is 1. The maximum Gasteiger partial charge on any atom is 0.416 e. The summed E-state index contributed by atoms with van der Waals surface area (Å²) in [5.74, 6) is -0.0523. The Morgan fingerprint density at radius 3 is 2.23 bits per heavy atom. The average Bonchev–Trinajstić information content (AvgIpc) is 2.71. The van der Waals surface area contributed by atoms with Crippen LogP contribution >= 0.6 is 0 Å². The fraction of sp³-hybridized carbons (Fsp3) is 0.429. The van der Waals surface area contributed by atoms with Crippen LogP contribution in [0.4, 0.5) is 19.0 Å². The summed E-state index contributed by atoms with van der Waals surface area (Å²) in [5, 5.41) is 38.5. The Morgan fingerprint density at radius 1 is 1.03 bits per heavy atom. The number of aliphatic hydroxyl groups is 1. The molecule has 1 aromatic carbocycles. The third-order valence-electron chi connectivity index (χ3n) is 6.33. The lowest BCUT2D eigenvalue weighted by Gasteiger charge is -2.46. The molecule has 1 aliphatic heterocycles. The second-order valence-corrected chi connectivity index (χ2v) is 8.35. The fourth-order valence-corrected chi connectivity index (χ4v) is 4.00. The number of alkyl halides is 3. The van der Waals surface area contributed by atoms with Crippen LogP contribution in [-0.2, 0) is 6.18 Å². The lowest BCUT2D eigenvalue weighted by atomic mass is 9.76. The maximum atomic E-state index is 13.0. The van der Waals surface area contributed by atoms with Gasteiger partial charge in [-0.1, -0.05) is 13.8 Å². The van der Waals surface area contributed by atoms with Crippen LogP contribution in [0.1, 0.15) is 26.3 Å². The van der Waals surface area contributed by atoms with E-state index in [1.807, 2.05) is 25.7 Å². The van der Waals surface area contributed by atoms with Gasteiger partial charge in [0.1, 0.15) is 11.4 Å². The number of benzene rings is 1. The van der Waals surface area contributed by atoms with Crippen molar-refractivity contribution in [1.82, 2.24) is 20.4 Å². The van der Waals surface area contributed by atoms with Gasteiger partial charge in [0.2, 0.25) is 0 Å². The third-order valence-corrected chi connectivity index (χ3v) is 6.33. The summed E-state index contributed by atoms with van der Waals surface area (Å²) in [4.78, 5) is 2.01. The highest BCUT2D eigenvalue weighted by Crippen LogP contribution is 2.40. The van der Waals surface area contributed by atoms with Crippen molar-refractivity contribution in [2.24, 2.45) is 11.8 Å². The minimum Gasteiger partial charge on any atom is -0.507 e. The minimum atomic E-state index is -4.57. The molecule has 0 spiro atoms. The van der Waals surface area contributed by atoms with Crippen LogP contribution in [-0.4, -0.2) is 49.3 Å². The van der Waals surface area contributed by atoms with Gasteiger partial charge in [0.05, 0.1) is 28.9 Å².